The number of amides is 1. The third-order valence-electron chi connectivity index (χ3n) is 4.00. The van der Waals surface area contributed by atoms with Gasteiger partial charge in [0.05, 0.1) is 28.8 Å². The molecule has 0 atom stereocenters. The van der Waals surface area contributed by atoms with Gasteiger partial charge in [0.2, 0.25) is 0 Å². The monoisotopic (exact) mass is 375 g/mol. The Hall–Kier alpha value is -3.19. The van der Waals surface area contributed by atoms with Crippen LogP contribution < -0.4 is 5.32 Å². The van der Waals surface area contributed by atoms with Gasteiger partial charge in [-0.15, -0.1) is 11.8 Å². The van der Waals surface area contributed by atoms with Crippen LogP contribution in [0, 0.1) is 0 Å². The molecule has 3 aromatic heterocycles. The molecule has 0 saturated heterocycles. The topological polar surface area (TPSA) is 72.2 Å². The van der Waals surface area contributed by atoms with E-state index < -0.39 is 0 Å². The first-order valence-electron chi connectivity index (χ1n) is 8.54. The fourth-order valence-corrected chi connectivity index (χ4v) is 3.35. The molecule has 134 valence electrons. The van der Waals surface area contributed by atoms with Crippen LogP contribution in [0.15, 0.2) is 72.1 Å². The van der Waals surface area contributed by atoms with Crippen molar-refractivity contribution in [1.82, 2.24) is 19.6 Å². The van der Waals surface area contributed by atoms with Gasteiger partial charge in [-0.25, -0.2) is 14.5 Å². The Morgan fingerprint density at radius 3 is 2.67 bits per heavy atom. The van der Waals surface area contributed by atoms with Crippen LogP contribution in [-0.2, 0) is 0 Å². The third kappa shape index (κ3) is 3.54. The van der Waals surface area contributed by atoms with Gasteiger partial charge < -0.3 is 5.32 Å². The average molecular weight is 375 g/mol. The maximum absolute atomic E-state index is 12.7. The van der Waals surface area contributed by atoms with Gasteiger partial charge in [-0.3, -0.25) is 4.79 Å². The van der Waals surface area contributed by atoms with Crippen molar-refractivity contribution in [2.75, 3.05) is 11.1 Å². The Labute approximate surface area is 160 Å². The molecular formula is C20H17N5OS. The van der Waals surface area contributed by atoms with E-state index in [2.05, 4.69) is 27.3 Å². The van der Waals surface area contributed by atoms with Crippen molar-refractivity contribution in [3.8, 4) is 11.3 Å². The molecule has 27 heavy (non-hydrogen) atoms. The van der Waals surface area contributed by atoms with Gasteiger partial charge in [-0.1, -0.05) is 37.3 Å². The number of nitrogens with zero attached hydrogens (tertiary/aromatic N) is 4. The zero-order valence-electron chi connectivity index (χ0n) is 14.7. The van der Waals surface area contributed by atoms with Gasteiger partial charge in [0.1, 0.15) is 5.56 Å². The first kappa shape index (κ1) is 17.2. The molecule has 7 heteroatoms. The van der Waals surface area contributed by atoms with Crippen molar-refractivity contribution in [3.63, 3.8) is 0 Å². The van der Waals surface area contributed by atoms with Crippen LogP contribution in [0.3, 0.4) is 0 Å². The number of pyridine rings is 1. The number of aromatic nitrogens is 4. The molecule has 4 aromatic rings. The highest BCUT2D eigenvalue weighted by Crippen LogP contribution is 2.21. The number of thioether (sulfide) groups is 1. The number of rotatable bonds is 5. The van der Waals surface area contributed by atoms with E-state index >= 15 is 0 Å². The van der Waals surface area contributed by atoms with Crippen molar-refractivity contribution in [3.05, 3.63) is 72.7 Å². The zero-order chi connectivity index (χ0) is 18.6. The van der Waals surface area contributed by atoms with E-state index in [1.807, 2.05) is 48.5 Å². The molecule has 3 heterocycles. The van der Waals surface area contributed by atoms with E-state index in [1.165, 1.54) is 0 Å². The second-order valence-corrected chi connectivity index (χ2v) is 7.05. The largest absolute Gasteiger partial charge is 0.320 e. The number of nitrogens with one attached hydrogen (secondary N) is 1. The summed E-state index contributed by atoms with van der Waals surface area (Å²) in [5.74, 6) is 0.691. The zero-order valence-corrected chi connectivity index (χ0v) is 15.5. The van der Waals surface area contributed by atoms with E-state index in [1.54, 1.807) is 34.9 Å². The summed E-state index contributed by atoms with van der Waals surface area (Å²) in [5.41, 5.74) is 3.45. The molecule has 0 aliphatic rings. The van der Waals surface area contributed by atoms with E-state index in [9.17, 15) is 4.79 Å². The van der Waals surface area contributed by atoms with Crippen molar-refractivity contribution >= 4 is 29.0 Å². The summed E-state index contributed by atoms with van der Waals surface area (Å²) in [5, 5.41) is 8.16. The van der Waals surface area contributed by atoms with Crippen LogP contribution in [0.2, 0.25) is 0 Å². The lowest BCUT2D eigenvalue weighted by molar-refractivity contribution is 0.102. The molecule has 0 aliphatic heterocycles. The number of hydrogen-bond acceptors (Lipinski definition) is 5. The summed E-state index contributed by atoms with van der Waals surface area (Å²) in [6.07, 6.45) is 4.89. The van der Waals surface area contributed by atoms with Crippen LogP contribution in [0.25, 0.3) is 16.9 Å². The van der Waals surface area contributed by atoms with E-state index in [-0.39, 0.29) is 5.91 Å². The molecule has 0 bridgehead atoms. The highest BCUT2D eigenvalue weighted by Gasteiger charge is 2.16. The maximum atomic E-state index is 12.7. The van der Waals surface area contributed by atoms with Crippen LogP contribution in [0.4, 0.5) is 5.69 Å². The fraction of sp³-hybridized carbons (Fsp3) is 0.100. The number of carbonyl (C=O) groups is 1. The minimum Gasteiger partial charge on any atom is -0.320 e. The molecule has 0 saturated carbocycles. The first-order chi connectivity index (χ1) is 13.3. The SMILES string of the molecule is CCSc1ccc(NC(=O)c2cnn3c(-c4ccccc4)ccnc23)cn1. The number of benzene rings is 1. The average Bonchev–Trinajstić information content (AvgIpc) is 3.15. The molecule has 0 spiro atoms. The smallest absolute Gasteiger partial charge is 0.261 e. The van der Waals surface area contributed by atoms with Crippen molar-refractivity contribution < 1.29 is 4.79 Å². The molecule has 1 amide bonds. The minimum absolute atomic E-state index is 0.264. The molecular weight excluding hydrogens is 358 g/mol. The Balaban J connectivity index is 1.63. The summed E-state index contributed by atoms with van der Waals surface area (Å²) in [7, 11) is 0. The van der Waals surface area contributed by atoms with Crippen molar-refractivity contribution in [2.45, 2.75) is 11.9 Å². The molecule has 4 rings (SSSR count). The summed E-state index contributed by atoms with van der Waals surface area (Å²) in [6.45, 7) is 2.07. The van der Waals surface area contributed by atoms with Crippen molar-refractivity contribution in [1.29, 1.82) is 0 Å². The fourth-order valence-electron chi connectivity index (χ4n) is 2.77. The second-order valence-electron chi connectivity index (χ2n) is 5.76. The molecule has 1 N–H and O–H groups in total. The number of anilines is 1. The molecule has 0 unspecified atom stereocenters. The molecule has 0 radical (unpaired) electrons. The first-order valence-corrected chi connectivity index (χ1v) is 9.53. The van der Waals surface area contributed by atoms with Gasteiger partial charge in [0.15, 0.2) is 5.65 Å². The van der Waals surface area contributed by atoms with Crippen LogP contribution in [0.1, 0.15) is 17.3 Å². The standard InChI is InChI=1S/C20H17N5OS/c1-2-27-18-9-8-15(12-22-18)24-20(26)16-13-23-25-17(10-11-21-19(16)25)14-6-4-3-5-7-14/h3-13H,2H2,1H3,(H,24,26). The summed E-state index contributed by atoms with van der Waals surface area (Å²) < 4.78 is 1.68. The van der Waals surface area contributed by atoms with Crippen LogP contribution >= 0.6 is 11.8 Å². The quantitative estimate of drug-likeness (QED) is 0.531. The van der Waals surface area contributed by atoms with E-state index in [0.29, 0.717) is 16.9 Å². The predicted molar refractivity (Wildman–Crippen MR) is 107 cm³/mol. The predicted octanol–water partition coefficient (Wildman–Crippen LogP) is 4.16. The summed E-state index contributed by atoms with van der Waals surface area (Å²) >= 11 is 1.65. The van der Waals surface area contributed by atoms with E-state index in [0.717, 1.165) is 22.0 Å². The van der Waals surface area contributed by atoms with Gasteiger partial charge in [-0.2, -0.15) is 5.10 Å². The highest BCUT2D eigenvalue weighted by atomic mass is 32.2. The summed E-state index contributed by atoms with van der Waals surface area (Å²) in [6, 6.07) is 15.5. The molecule has 1 aromatic carbocycles. The van der Waals surface area contributed by atoms with Crippen LogP contribution in [-0.4, -0.2) is 31.2 Å². The molecule has 0 fully saturated rings. The Bertz CT molecular complexity index is 1080. The highest BCUT2D eigenvalue weighted by molar-refractivity contribution is 7.99. The van der Waals surface area contributed by atoms with E-state index in [4.69, 9.17) is 0 Å². The van der Waals surface area contributed by atoms with Crippen molar-refractivity contribution in [2.24, 2.45) is 0 Å². The summed E-state index contributed by atoms with van der Waals surface area (Å²) in [4.78, 5) is 21.4. The molecule has 6 nitrogen and oxygen atoms in total. The number of hydrogen-bond donors (Lipinski definition) is 1. The lowest BCUT2D eigenvalue weighted by Crippen LogP contribution is -2.12. The normalized spacial score (nSPS) is 10.9. The Morgan fingerprint density at radius 1 is 1.07 bits per heavy atom. The lowest BCUT2D eigenvalue weighted by Gasteiger charge is -2.06. The third-order valence-corrected chi connectivity index (χ3v) is 4.83. The Morgan fingerprint density at radius 2 is 1.93 bits per heavy atom. The minimum atomic E-state index is -0.264. The second kappa shape index (κ2) is 7.59. The van der Waals surface area contributed by atoms with Gasteiger partial charge in [0, 0.05) is 11.8 Å². The Kier molecular flexibility index (Phi) is 4.84. The number of fused-ring (bicyclic) bond motifs is 1. The molecule has 0 aliphatic carbocycles. The van der Waals surface area contributed by atoms with Crippen LogP contribution in [0.5, 0.6) is 0 Å². The maximum Gasteiger partial charge on any atom is 0.261 e. The lowest BCUT2D eigenvalue weighted by atomic mass is 10.1. The van der Waals surface area contributed by atoms with Gasteiger partial charge >= 0.3 is 0 Å². The number of carbonyl (C=O) groups excluding carboxylic acids is 1. The van der Waals surface area contributed by atoms with Gasteiger partial charge in [0.25, 0.3) is 5.91 Å². The van der Waals surface area contributed by atoms with Gasteiger partial charge in [-0.05, 0) is 24.0 Å².